The maximum Gasteiger partial charge on any atom is 0.233 e. The van der Waals surface area contributed by atoms with Crippen LogP contribution in [-0.2, 0) is 4.79 Å². The fourth-order valence-corrected chi connectivity index (χ4v) is 3.20. The number of pyridine rings is 1. The summed E-state index contributed by atoms with van der Waals surface area (Å²) in [6, 6.07) is 5.88. The van der Waals surface area contributed by atoms with Crippen molar-refractivity contribution in [1.82, 2.24) is 14.8 Å². The van der Waals surface area contributed by atoms with Crippen LogP contribution in [0.1, 0.15) is 17.5 Å². The molecule has 1 atom stereocenters. The van der Waals surface area contributed by atoms with Crippen molar-refractivity contribution in [3.8, 4) is 0 Å². The van der Waals surface area contributed by atoms with Crippen molar-refractivity contribution < 1.29 is 4.79 Å². The van der Waals surface area contributed by atoms with Gasteiger partial charge >= 0.3 is 0 Å². The summed E-state index contributed by atoms with van der Waals surface area (Å²) in [5, 5.41) is 0.0980. The fraction of sp³-hybridized carbons (Fsp3) is 0.538. The van der Waals surface area contributed by atoms with E-state index in [-0.39, 0.29) is 23.7 Å². The van der Waals surface area contributed by atoms with Gasteiger partial charge in [0.2, 0.25) is 5.91 Å². The first kappa shape index (κ1) is 16.3. The molecule has 1 fully saturated rings. The van der Waals surface area contributed by atoms with Crippen molar-refractivity contribution in [1.29, 1.82) is 0 Å². The monoisotopic (exact) mass is 301 g/mol. The first-order valence-electron chi connectivity index (χ1n) is 6.15. The predicted molar refractivity (Wildman–Crippen MR) is 81.6 cm³/mol. The molecule has 1 aromatic heterocycles. The minimum absolute atomic E-state index is 0. The molecule has 2 rings (SSSR count). The van der Waals surface area contributed by atoms with Crippen molar-refractivity contribution in [2.45, 2.75) is 11.8 Å². The summed E-state index contributed by atoms with van der Waals surface area (Å²) < 4.78 is 0. The maximum absolute atomic E-state index is 11.9. The van der Waals surface area contributed by atoms with Gasteiger partial charge in [0, 0.05) is 12.7 Å². The molecule has 1 aliphatic rings. The van der Waals surface area contributed by atoms with Crippen molar-refractivity contribution in [2.75, 3.05) is 32.9 Å². The van der Waals surface area contributed by atoms with E-state index in [0.717, 1.165) is 25.2 Å². The van der Waals surface area contributed by atoms with Crippen molar-refractivity contribution in [2.24, 2.45) is 0 Å². The van der Waals surface area contributed by atoms with Crippen LogP contribution in [0.2, 0.25) is 0 Å². The number of thioether (sulfide) groups is 1. The lowest BCUT2D eigenvalue weighted by Crippen LogP contribution is -2.31. The molecule has 2 heterocycles. The van der Waals surface area contributed by atoms with E-state index >= 15 is 0 Å². The van der Waals surface area contributed by atoms with Gasteiger partial charge in [-0.05, 0) is 39.2 Å². The van der Waals surface area contributed by atoms with Crippen LogP contribution in [-0.4, -0.2) is 53.6 Å². The summed E-state index contributed by atoms with van der Waals surface area (Å²) in [6.45, 7) is 1.81. The van der Waals surface area contributed by atoms with Crippen molar-refractivity contribution in [3.05, 3.63) is 30.1 Å². The van der Waals surface area contributed by atoms with Crippen LogP contribution in [0.15, 0.2) is 24.4 Å². The second-order valence-corrected chi connectivity index (χ2v) is 5.73. The van der Waals surface area contributed by atoms with Gasteiger partial charge in [-0.3, -0.25) is 9.78 Å². The number of hydrogen-bond donors (Lipinski definition) is 0. The zero-order chi connectivity index (χ0) is 13.0. The van der Waals surface area contributed by atoms with Crippen LogP contribution < -0.4 is 0 Å². The summed E-state index contributed by atoms with van der Waals surface area (Å²) in [5.41, 5.74) is 0.984. The van der Waals surface area contributed by atoms with Gasteiger partial charge in [-0.25, -0.2) is 0 Å². The van der Waals surface area contributed by atoms with Crippen LogP contribution in [0.5, 0.6) is 0 Å². The molecular formula is C13H20ClN3OS. The molecule has 0 N–H and O–H groups in total. The Kier molecular flexibility index (Phi) is 6.62. The number of hydrogen-bond acceptors (Lipinski definition) is 4. The minimum Gasteiger partial charge on any atom is -0.324 e. The molecule has 19 heavy (non-hydrogen) atoms. The molecule has 6 heteroatoms. The molecule has 0 aromatic carbocycles. The zero-order valence-electron chi connectivity index (χ0n) is 11.3. The van der Waals surface area contributed by atoms with E-state index in [9.17, 15) is 4.79 Å². The van der Waals surface area contributed by atoms with Gasteiger partial charge in [-0.2, -0.15) is 0 Å². The standard InChI is InChI=1S/C13H19N3OS.ClH/c1-15(2)8-5-9-16-12(17)10-18-13(16)11-6-3-4-7-14-11;/h3-4,6-7,13H,5,8-10H2,1-2H3;1H. The van der Waals surface area contributed by atoms with E-state index in [0.29, 0.717) is 5.75 Å². The van der Waals surface area contributed by atoms with Gasteiger partial charge in [0.25, 0.3) is 0 Å². The molecule has 1 aliphatic heterocycles. The second-order valence-electron chi connectivity index (χ2n) is 4.66. The summed E-state index contributed by atoms with van der Waals surface area (Å²) >= 11 is 1.67. The molecule has 0 spiro atoms. The molecule has 0 bridgehead atoms. The van der Waals surface area contributed by atoms with Crippen LogP contribution in [0.4, 0.5) is 0 Å². The smallest absolute Gasteiger partial charge is 0.233 e. The molecule has 0 radical (unpaired) electrons. The number of halogens is 1. The Bertz CT molecular complexity index is 402. The third-order valence-corrected chi connectivity index (χ3v) is 4.14. The number of carbonyl (C=O) groups excluding carboxylic acids is 1. The van der Waals surface area contributed by atoms with E-state index in [2.05, 4.69) is 24.0 Å². The molecule has 4 nitrogen and oxygen atoms in total. The lowest BCUT2D eigenvalue weighted by atomic mass is 10.3. The van der Waals surface area contributed by atoms with Gasteiger partial charge in [0.05, 0.1) is 11.4 Å². The lowest BCUT2D eigenvalue weighted by molar-refractivity contribution is -0.128. The number of amides is 1. The zero-order valence-corrected chi connectivity index (χ0v) is 12.9. The predicted octanol–water partition coefficient (Wildman–Crippen LogP) is 2.03. The van der Waals surface area contributed by atoms with E-state index < -0.39 is 0 Å². The number of rotatable bonds is 5. The Morgan fingerprint density at radius 1 is 1.47 bits per heavy atom. The molecule has 106 valence electrons. The number of carbonyl (C=O) groups is 1. The quantitative estimate of drug-likeness (QED) is 0.834. The molecule has 1 unspecified atom stereocenters. The molecule has 0 aliphatic carbocycles. The van der Waals surface area contributed by atoms with Gasteiger partial charge in [-0.15, -0.1) is 24.2 Å². The molecule has 1 saturated heterocycles. The number of aromatic nitrogens is 1. The highest BCUT2D eigenvalue weighted by Gasteiger charge is 2.32. The Balaban J connectivity index is 0.00000180. The Hall–Kier alpha value is -0.780. The molecule has 0 saturated carbocycles. The Morgan fingerprint density at radius 3 is 2.89 bits per heavy atom. The van der Waals surface area contributed by atoms with E-state index in [1.165, 1.54) is 0 Å². The van der Waals surface area contributed by atoms with Gasteiger partial charge in [0.1, 0.15) is 5.37 Å². The highest BCUT2D eigenvalue weighted by Crippen LogP contribution is 2.37. The van der Waals surface area contributed by atoms with Crippen LogP contribution >= 0.6 is 24.2 Å². The fourth-order valence-electron chi connectivity index (χ4n) is 2.02. The maximum atomic E-state index is 11.9. The highest BCUT2D eigenvalue weighted by molar-refractivity contribution is 8.00. The SMILES string of the molecule is CN(C)CCCN1C(=O)CSC1c1ccccn1.Cl. The average molecular weight is 302 g/mol. The van der Waals surface area contributed by atoms with E-state index in [1.54, 1.807) is 18.0 Å². The summed E-state index contributed by atoms with van der Waals surface area (Å²) in [6.07, 6.45) is 2.79. The summed E-state index contributed by atoms with van der Waals surface area (Å²) in [7, 11) is 4.10. The summed E-state index contributed by atoms with van der Waals surface area (Å²) in [5.74, 6) is 0.804. The third-order valence-electron chi connectivity index (χ3n) is 2.91. The van der Waals surface area contributed by atoms with Gasteiger partial charge in [-0.1, -0.05) is 6.07 Å². The van der Waals surface area contributed by atoms with Crippen LogP contribution in [0, 0.1) is 0 Å². The Labute approximate surface area is 125 Å². The van der Waals surface area contributed by atoms with Crippen LogP contribution in [0.25, 0.3) is 0 Å². The minimum atomic E-state index is 0. The van der Waals surface area contributed by atoms with E-state index in [4.69, 9.17) is 0 Å². The molecule has 1 amide bonds. The molecule has 1 aromatic rings. The van der Waals surface area contributed by atoms with Crippen molar-refractivity contribution >= 4 is 30.1 Å². The average Bonchev–Trinajstić information content (AvgIpc) is 2.72. The van der Waals surface area contributed by atoms with Crippen LogP contribution in [0.3, 0.4) is 0 Å². The van der Waals surface area contributed by atoms with Crippen molar-refractivity contribution in [3.63, 3.8) is 0 Å². The normalized spacial score (nSPS) is 18.8. The first-order chi connectivity index (χ1) is 8.68. The largest absolute Gasteiger partial charge is 0.324 e. The number of nitrogens with zero attached hydrogens (tertiary/aromatic N) is 3. The Morgan fingerprint density at radius 2 is 2.26 bits per heavy atom. The lowest BCUT2D eigenvalue weighted by Gasteiger charge is -2.24. The summed E-state index contributed by atoms with van der Waals surface area (Å²) in [4.78, 5) is 20.4. The van der Waals surface area contributed by atoms with Gasteiger partial charge in [0.15, 0.2) is 0 Å². The highest BCUT2D eigenvalue weighted by atomic mass is 35.5. The molecular weight excluding hydrogens is 282 g/mol. The second kappa shape index (κ2) is 7.72. The first-order valence-corrected chi connectivity index (χ1v) is 7.20. The topological polar surface area (TPSA) is 36.4 Å². The van der Waals surface area contributed by atoms with E-state index in [1.807, 2.05) is 23.1 Å². The van der Waals surface area contributed by atoms with Gasteiger partial charge < -0.3 is 9.80 Å². The third kappa shape index (κ3) is 4.37.